The Hall–Kier alpha value is -2.08. The second kappa shape index (κ2) is 7.21. The molecule has 1 saturated heterocycles. The molecule has 0 spiro atoms. The van der Waals surface area contributed by atoms with Crippen molar-refractivity contribution in [3.8, 4) is 0 Å². The van der Waals surface area contributed by atoms with Crippen LogP contribution in [0, 0.1) is 6.92 Å². The molecule has 1 atom stereocenters. The summed E-state index contributed by atoms with van der Waals surface area (Å²) >= 11 is 1.47. The Kier molecular flexibility index (Phi) is 5.04. The summed E-state index contributed by atoms with van der Waals surface area (Å²) in [6, 6.07) is 8.54. The first-order valence-electron chi connectivity index (χ1n) is 8.07. The van der Waals surface area contributed by atoms with Gasteiger partial charge in [0.25, 0.3) is 5.91 Å². The largest absolute Gasteiger partial charge is 0.367 e. The first-order chi connectivity index (χ1) is 11.6. The molecule has 0 unspecified atom stereocenters. The smallest absolute Gasteiger partial charge is 0.257 e. The average Bonchev–Trinajstić information content (AvgIpc) is 2.61. The fraction of sp³-hybridized carbons (Fsp3) is 0.389. The normalized spacial score (nSPS) is 17.9. The van der Waals surface area contributed by atoms with Crippen molar-refractivity contribution in [3.05, 3.63) is 47.8 Å². The van der Waals surface area contributed by atoms with Crippen LogP contribution in [0.1, 0.15) is 22.8 Å². The summed E-state index contributed by atoms with van der Waals surface area (Å²) < 4.78 is 0. The van der Waals surface area contributed by atoms with E-state index in [2.05, 4.69) is 53.0 Å². The van der Waals surface area contributed by atoms with Crippen LogP contribution in [0.3, 0.4) is 0 Å². The van der Waals surface area contributed by atoms with E-state index >= 15 is 0 Å². The molecule has 0 bridgehead atoms. The average molecular weight is 342 g/mol. The van der Waals surface area contributed by atoms with E-state index in [0.29, 0.717) is 17.3 Å². The number of hydrogen-bond acceptors (Lipinski definition) is 5. The standard InChI is InChI=1S/C18H22N4OS/c1-13-6-4-5-7-16(13)21-8-9-22(14(2)12-21)17(23)15-10-19-18(24-3)20-11-15/h4-7,10-11,14H,8-9,12H2,1-3H3/t14-/m0/s1. The quantitative estimate of drug-likeness (QED) is 0.634. The van der Waals surface area contributed by atoms with Crippen molar-refractivity contribution in [1.29, 1.82) is 0 Å². The van der Waals surface area contributed by atoms with Gasteiger partial charge in [-0.15, -0.1) is 0 Å². The number of amides is 1. The molecular formula is C18H22N4OS. The molecule has 1 aliphatic rings. The van der Waals surface area contributed by atoms with Crippen molar-refractivity contribution in [2.75, 3.05) is 30.8 Å². The number of rotatable bonds is 3. The third-order valence-corrected chi connectivity index (χ3v) is 4.98. The lowest BCUT2D eigenvalue weighted by molar-refractivity contribution is 0.0673. The van der Waals surface area contributed by atoms with Gasteiger partial charge in [0.05, 0.1) is 5.56 Å². The van der Waals surface area contributed by atoms with Crippen LogP contribution in [0.25, 0.3) is 0 Å². The SMILES string of the molecule is CSc1ncc(C(=O)N2CCN(c3ccccc3C)C[C@@H]2C)cn1. The molecule has 1 aliphatic heterocycles. The Morgan fingerprint density at radius 2 is 1.92 bits per heavy atom. The van der Waals surface area contributed by atoms with E-state index in [-0.39, 0.29) is 11.9 Å². The van der Waals surface area contributed by atoms with Gasteiger partial charge >= 0.3 is 0 Å². The number of para-hydroxylation sites is 1. The molecule has 5 nitrogen and oxygen atoms in total. The molecular weight excluding hydrogens is 320 g/mol. The number of aromatic nitrogens is 2. The second-order valence-electron chi connectivity index (χ2n) is 6.04. The Balaban J connectivity index is 1.71. The number of nitrogens with zero attached hydrogens (tertiary/aromatic N) is 4. The van der Waals surface area contributed by atoms with Crippen molar-refractivity contribution >= 4 is 23.4 Å². The number of carbonyl (C=O) groups excluding carboxylic acids is 1. The molecule has 0 N–H and O–H groups in total. The van der Waals surface area contributed by atoms with Crippen LogP contribution < -0.4 is 4.90 Å². The molecule has 0 saturated carbocycles. The molecule has 1 amide bonds. The van der Waals surface area contributed by atoms with Gasteiger partial charge < -0.3 is 9.80 Å². The maximum atomic E-state index is 12.7. The van der Waals surface area contributed by atoms with Crippen LogP contribution >= 0.6 is 11.8 Å². The maximum absolute atomic E-state index is 12.7. The molecule has 2 heterocycles. The minimum absolute atomic E-state index is 0.0135. The zero-order valence-corrected chi connectivity index (χ0v) is 15.1. The Labute approximate surface area is 147 Å². The molecule has 1 aromatic carbocycles. The number of anilines is 1. The van der Waals surface area contributed by atoms with Gasteiger partial charge in [0, 0.05) is 43.8 Å². The molecule has 6 heteroatoms. The van der Waals surface area contributed by atoms with Crippen LogP contribution in [-0.4, -0.2) is 52.7 Å². The predicted molar refractivity (Wildman–Crippen MR) is 97.7 cm³/mol. The van der Waals surface area contributed by atoms with Crippen molar-refractivity contribution in [1.82, 2.24) is 14.9 Å². The highest BCUT2D eigenvalue weighted by atomic mass is 32.2. The summed E-state index contributed by atoms with van der Waals surface area (Å²) in [5.74, 6) is 0.0135. The van der Waals surface area contributed by atoms with Crippen LogP contribution in [0.2, 0.25) is 0 Å². The van der Waals surface area contributed by atoms with Gasteiger partial charge in [-0.05, 0) is 31.7 Å². The lowest BCUT2D eigenvalue weighted by Crippen LogP contribution is -2.54. The van der Waals surface area contributed by atoms with Crippen molar-refractivity contribution < 1.29 is 4.79 Å². The highest BCUT2D eigenvalue weighted by molar-refractivity contribution is 7.98. The number of benzene rings is 1. The summed E-state index contributed by atoms with van der Waals surface area (Å²) in [7, 11) is 0. The lowest BCUT2D eigenvalue weighted by Gasteiger charge is -2.41. The summed E-state index contributed by atoms with van der Waals surface area (Å²) in [5, 5.41) is 0.684. The summed E-state index contributed by atoms with van der Waals surface area (Å²) in [5.41, 5.74) is 3.08. The Morgan fingerprint density at radius 3 is 2.54 bits per heavy atom. The molecule has 0 radical (unpaired) electrons. The summed E-state index contributed by atoms with van der Waals surface area (Å²) in [6.07, 6.45) is 5.17. The zero-order chi connectivity index (χ0) is 17.1. The van der Waals surface area contributed by atoms with Crippen LogP contribution in [-0.2, 0) is 0 Å². The monoisotopic (exact) mass is 342 g/mol. The van der Waals surface area contributed by atoms with Crippen LogP contribution in [0.4, 0.5) is 5.69 Å². The molecule has 3 rings (SSSR count). The number of thioether (sulfide) groups is 1. The summed E-state index contributed by atoms with van der Waals surface area (Å²) in [4.78, 5) is 25.4. The van der Waals surface area contributed by atoms with Crippen molar-refractivity contribution in [2.24, 2.45) is 0 Å². The van der Waals surface area contributed by atoms with Gasteiger partial charge in [-0.2, -0.15) is 0 Å². The number of hydrogen-bond donors (Lipinski definition) is 0. The first kappa shape index (κ1) is 16.8. The van der Waals surface area contributed by atoms with E-state index < -0.39 is 0 Å². The van der Waals surface area contributed by atoms with Crippen molar-refractivity contribution in [2.45, 2.75) is 25.0 Å². The molecule has 0 aliphatic carbocycles. The highest BCUT2D eigenvalue weighted by Crippen LogP contribution is 2.23. The second-order valence-corrected chi connectivity index (χ2v) is 6.81. The fourth-order valence-electron chi connectivity index (χ4n) is 3.09. The van der Waals surface area contributed by atoms with E-state index in [1.165, 1.54) is 23.0 Å². The van der Waals surface area contributed by atoms with Crippen molar-refractivity contribution in [3.63, 3.8) is 0 Å². The van der Waals surface area contributed by atoms with Gasteiger partial charge in [0.1, 0.15) is 0 Å². The van der Waals surface area contributed by atoms with E-state index in [0.717, 1.165) is 13.1 Å². The van der Waals surface area contributed by atoms with Gasteiger partial charge in [0.15, 0.2) is 5.16 Å². The lowest BCUT2D eigenvalue weighted by atomic mass is 10.1. The third-order valence-electron chi connectivity index (χ3n) is 4.40. The number of piperazine rings is 1. The topological polar surface area (TPSA) is 49.3 Å². The molecule has 2 aromatic rings. The Morgan fingerprint density at radius 1 is 1.21 bits per heavy atom. The van der Waals surface area contributed by atoms with Gasteiger partial charge in [-0.25, -0.2) is 9.97 Å². The third kappa shape index (κ3) is 3.38. The van der Waals surface area contributed by atoms with Crippen LogP contribution in [0.5, 0.6) is 0 Å². The fourth-order valence-corrected chi connectivity index (χ4v) is 3.41. The summed E-state index contributed by atoms with van der Waals surface area (Å²) in [6.45, 7) is 6.60. The van der Waals surface area contributed by atoms with E-state index in [9.17, 15) is 4.79 Å². The minimum atomic E-state index is 0.0135. The van der Waals surface area contributed by atoms with Gasteiger partial charge in [-0.1, -0.05) is 30.0 Å². The number of carbonyl (C=O) groups is 1. The predicted octanol–water partition coefficient (Wildman–Crippen LogP) is 2.86. The minimum Gasteiger partial charge on any atom is -0.367 e. The van der Waals surface area contributed by atoms with E-state index in [1.807, 2.05) is 11.2 Å². The highest BCUT2D eigenvalue weighted by Gasteiger charge is 2.29. The molecule has 1 fully saturated rings. The molecule has 126 valence electrons. The Bertz CT molecular complexity index is 719. The zero-order valence-electron chi connectivity index (χ0n) is 14.3. The number of aryl methyl sites for hydroxylation is 1. The van der Waals surface area contributed by atoms with E-state index in [4.69, 9.17) is 0 Å². The maximum Gasteiger partial charge on any atom is 0.257 e. The first-order valence-corrected chi connectivity index (χ1v) is 9.30. The van der Waals surface area contributed by atoms with Crippen LogP contribution in [0.15, 0.2) is 41.8 Å². The molecule has 24 heavy (non-hydrogen) atoms. The molecule has 1 aromatic heterocycles. The van der Waals surface area contributed by atoms with Gasteiger partial charge in [-0.3, -0.25) is 4.79 Å². The van der Waals surface area contributed by atoms with Gasteiger partial charge in [0.2, 0.25) is 0 Å². The van der Waals surface area contributed by atoms with E-state index in [1.54, 1.807) is 12.4 Å².